The molecule has 4 nitrogen and oxygen atoms in total. The van der Waals surface area contributed by atoms with Gasteiger partial charge in [0.15, 0.2) is 0 Å². The first-order valence-electron chi connectivity index (χ1n) is 5.53. The molecular weight excluding hydrogens is 317 g/mol. The Labute approximate surface area is 117 Å². The van der Waals surface area contributed by atoms with E-state index in [0.29, 0.717) is 10.2 Å². The molecule has 0 aliphatic rings. The van der Waals surface area contributed by atoms with Crippen molar-refractivity contribution in [2.45, 2.75) is 6.10 Å². The summed E-state index contributed by atoms with van der Waals surface area (Å²) in [5, 5.41) is 12.2. The lowest BCUT2D eigenvalue weighted by Gasteiger charge is -2.11. The molecule has 19 heavy (non-hydrogen) atoms. The minimum absolute atomic E-state index is 0.0624. The van der Waals surface area contributed by atoms with Gasteiger partial charge in [0.1, 0.15) is 17.7 Å². The zero-order chi connectivity index (χ0) is 13.8. The lowest BCUT2D eigenvalue weighted by atomic mass is 10.2. The summed E-state index contributed by atoms with van der Waals surface area (Å²) in [6.07, 6.45) is 0.456. The van der Waals surface area contributed by atoms with E-state index in [1.54, 1.807) is 18.2 Å². The van der Waals surface area contributed by atoms with Crippen LogP contribution in [-0.2, 0) is 0 Å². The first-order valence-corrected chi connectivity index (χ1v) is 6.32. The molecule has 0 bridgehead atoms. The first kappa shape index (κ1) is 13.8. The van der Waals surface area contributed by atoms with Crippen LogP contribution in [0.25, 0.3) is 0 Å². The Balaban J connectivity index is 2.02. The van der Waals surface area contributed by atoms with Crippen LogP contribution in [0.2, 0.25) is 0 Å². The molecule has 0 radical (unpaired) electrons. The molecule has 0 saturated heterocycles. The molecule has 1 heterocycles. The summed E-state index contributed by atoms with van der Waals surface area (Å²) in [6, 6.07) is 7.49. The summed E-state index contributed by atoms with van der Waals surface area (Å²) in [6.45, 7) is -0.0624. The molecule has 0 spiro atoms. The van der Waals surface area contributed by atoms with Gasteiger partial charge in [-0.1, -0.05) is 6.07 Å². The third kappa shape index (κ3) is 3.21. The lowest BCUT2D eigenvalue weighted by molar-refractivity contribution is 0.0896. The Morgan fingerprint density at radius 2 is 2.21 bits per heavy atom. The molecule has 100 valence electrons. The summed E-state index contributed by atoms with van der Waals surface area (Å²) in [7, 11) is 0. The molecule has 2 rings (SSSR count). The highest BCUT2D eigenvalue weighted by molar-refractivity contribution is 9.10. The second-order valence-electron chi connectivity index (χ2n) is 3.84. The highest BCUT2D eigenvalue weighted by atomic mass is 79.9. The number of furan rings is 1. The second-order valence-corrected chi connectivity index (χ2v) is 4.69. The summed E-state index contributed by atoms with van der Waals surface area (Å²) in [4.78, 5) is 11.8. The summed E-state index contributed by atoms with van der Waals surface area (Å²) in [5.41, 5.74) is -0.0888. The van der Waals surface area contributed by atoms with E-state index in [0.717, 1.165) is 0 Å². The van der Waals surface area contributed by atoms with Crippen molar-refractivity contribution in [3.05, 3.63) is 58.2 Å². The fourth-order valence-electron chi connectivity index (χ4n) is 1.57. The molecule has 6 heteroatoms. The number of halogens is 2. The third-order valence-electron chi connectivity index (χ3n) is 2.52. The third-order valence-corrected chi connectivity index (χ3v) is 3.18. The highest BCUT2D eigenvalue weighted by Crippen LogP contribution is 2.19. The van der Waals surface area contributed by atoms with Crippen LogP contribution in [0, 0.1) is 5.82 Å². The topological polar surface area (TPSA) is 62.5 Å². The van der Waals surface area contributed by atoms with Gasteiger partial charge in [-0.3, -0.25) is 4.79 Å². The highest BCUT2D eigenvalue weighted by Gasteiger charge is 2.17. The zero-order valence-corrected chi connectivity index (χ0v) is 11.4. The number of carbonyl (C=O) groups is 1. The van der Waals surface area contributed by atoms with Crippen LogP contribution in [0.4, 0.5) is 4.39 Å². The predicted molar refractivity (Wildman–Crippen MR) is 70.1 cm³/mol. The predicted octanol–water partition coefficient (Wildman–Crippen LogP) is 2.64. The minimum atomic E-state index is -0.968. The maximum absolute atomic E-state index is 13.5. The van der Waals surface area contributed by atoms with E-state index in [1.807, 2.05) is 0 Å². The maximum Gasteiger partial charge on any atom is 0.255 e. The maximum atomic E-state index is 13.5. The van der Waals surface area contributed by atoms with E-state index in [9.17, 15) is 14.3 Å². The van der Waals surface area contributed by atoms with Gasteiger partial charge >= 0.3 is 0 Å². The SMILES string of the molecule is O=C(NC[C@@H](O)c1ccco1)c1c(F)cccc1Br. The monoisotopic (exact) mass is 327 g/mol. The number of rotatable bonds is 4. The van der Waals surface area contributed by atoms with Gasteiger partial charge < -0.3 is 14.8 Å². The average Bonchev–Trinajstić information content (AvgIpc) is 2.89. The Kier molecular flexibility index (Phi) is 4.34. The summed E-state index contributed by atoms with van der Waals surface area (Å²) in [5.74, 6) is -0.886. The van der Waals surface area contributed by atoms with Gasteiger partial charge in [-0.15, -0.1) is 0 Å². The van der Waals surface area contributed by atoms with Crippen LogP contribution in [-0.4, -0.2) is 17.6 Å². The van der Waals surface area contributed by atoms with Crippen LogP contribution >= 0.6 is 15.9 Å². The number of aliphatic hydroxyl groups is 1. The number of nitrogens with one attached hydrogen (secondary N) is 1. The number of amides is 1. The van der Waals surface area contributed by atoms with Gasteiger partial charge in [0, 0.05) is 4.47 Å². The van der Waals surface area contributed by atoms with Crippen molar-refractivity contribution in [3.63, 3.8) is 0 Å². The molecule has 0 unspecified atom stereocenters. The minimum Gasteiger partial charge on any atom is -0.467 e. The lowest BCUT2D eigenvalue weighted by Crippen LogP contribution is -2.29. The van der Waals surface area contributed by atoms with E-state index in [1.165, 1.54) is 18.4 Å². The molecule has 0 saturated carbocycles. The molecule has 1 aromatic carbocycles. The number of hydrogen-bond acceptors (Lipinski definition) is 3. The van der Waals surface area contributed by atoms with Crippen molar-refractivity contribution in [2.75, 3.05) is 6.54 Å². The van der Waals surface area contributed by atoms with E-state index in [4.69, 9.17) is 4.42 Å². The molecule has 1 aromatic heterocycles. The Morgan fingerprint density at radius 3 is 2.84 bits per heavy atom. The van der Waals surface area contributed by atoms with Gasteiger partial charge in [-0.05, 0) is 40.2 Å². The summed E-state index contributed by atoms with van der Waals surface area (Å²) >= 11 is 3.11. The molecule has 0 aliphatic heterocycles. The molecule has 1 amide bonds. The van der Waals surface area contributed by atoms with Crippen molar-refractivity contribution < 1.29 is 18.7 Å². The molecule has 2 aromatic rings. The van der Waals surface area contributed by atoms with Crippen molar-refractivity contribution in [1.82, 2.24) is 5.32 Å². The van der Waals surface area contributed by atoms with Crippen molar-refractivity contribution in [3.8, 4) is 0 Å². The molecule has 0 aliphatic carbocycles. The Bertz CT molecular complexity index is 551. The van der Waals surface area contributed by atoms with E-state index < -0.39 is 17.8 Å². The largest absolute Gasteiger partial charge is 0.467 e. The molecule has 0 fully saturated rings. The fraction of sp³-hybridized carbons (Fsp3) is 0.154. The van der Waals surface area contributed by atoms with Crippen LogP contribution in [0.1, 0.15) is 22.2 Å². The van der Waals surface area contributed by atoms with Crippen LogP contribution in [0.3, 0.4) is 0 Å². The Morgan fingerprint density at radius 1 is 1.42 bits per heavy atom. The quantitative estimate of drug-likeness (QED) is 0.907. The number of hydrogen-bond donors (Lipinski definition) is 2. The van der Waals surface area contributed by atoms with Crippen LogP contribution in [0.15, 0.2) is 45.5 Å². The molecule has 2 N–H and O–H groups in total. The van der Waals surface area contributed by atoms with Gasteiger partial charge in [0.25, 0.3) is 5.91 Å². The second kappa shape index (κ2) is 5.99. The van der Waals surface area contributed by atoms with Crippen LogP contribution in [0.5, 0.6) is 0 Å². The van der Waals surface area contributed by atoms with Crippen molar-refractivity contribution >= 4 is 21.8 Å². The zero-order valence-electron chi connectivity index (χ0n) is 9.77. The smallest absolute Gasteiger partial charge is 0.255 e. The number of carbonyl (C=O) groups excluding carboxylic acids is 1. The average molecular weight is 328 g/mol. The van der Waals surface area contributed by atoms with Crippen LogP contribution < -0.4 is 5.32 Å². The van der Waals surface area contributed by atoms with Crippen molar-refractivity contribution in [2.24, 2.45) is 0 Å². The normalized spacial score (nSPS) is 12.2. The number of aliphatic hydroxyl groups excluding tert-OH is 1. The Hall–Kier alpha value is -1.66. The molecular formula is C13H11BrFNO3. The van der Waals surface area contributed by atoms with Gasteiger partial charge in [-0.2, -0.15) is 0 Å². The van der Waals surface area contributed by atoms with Crippen molar-refractivity contribution in [1.29, 1.82) is 0 Å². The fourth-order valence-corrected chi connectivity index (χ4v) is 2.10. The molecule has 1 atom stereocenters. The number of benzene rings is 1. The van der Waals surface area contributed by atoms with Gasteiger partial charge in [0.2, 0.25) is 0 Å². The van der Waals surface area contributed by atoms with Gasteiger partial charge in [-0.25, -0.2) is 4.39 Å². The van der Waals surface area contributed by atoms with E-state index >= 15 is 0 Å². The van der Waals surface area contributed by atoms with E-state index in [-0.39, 0.29) is 12.1 Å². The standard InChI is InChI=1S/C13H11BrFNO3/c14-8-3-1-4-9(15)12(8)13(18)16-7-10(17)11-5-2-6-19-11/h1-6,10,17H,7H2,(H,16,18)/t10-/m1/s1. The summed E-state index contributed by atoms with van der Waals surface area (Å²) < 4.78 is 18.9. The van der Waals surface area contributed by atoms with Gasteiger partial charge in [0.05, 0.1) is 18.4 Å². The van der Waals surface area contributed by atoms with E-state index in [2.05, 4.69) is 21.2 Å². The first-order chi connectivity index (χ1) is 9.09.